The second kappa shape index (κ2) is 7.11. The van der Waals surface area contributed by atoms with Crippen LogP contribution in [0.2, 0.25) is 0 Å². The second-order valence-electron chi connectivity index (χ2n) is 3.94. The third-order valence-corrected chi connectivity index (χ3v) is 4.76. The monoisotopic (exact) mass is 268 g/mol. The van der Waals surface area contributed by atoms with Gasteiger partial charge in [0.25, 0.3) is 0 Å². The highest BCUT2D eigenvalue weighted by atomic mass is 31.2. The van der Waals surface area contributed by atoms with Crippen molar-refractivity contribution in [1.82, 2.24) is 0 Å². The van der Waals surface area contributed by atoms with Gasteiger partial charge in [0.05, 0.1) is 24.8 Å². The molecule has 6 nitrogen and oxygen atoms in total. The van der Waals surface area contributed by atoms with Crippen molar-refractivity contribution in [3.63, 3.8) is 0 Å². The lowest BCUT2D eigenvalue weighted by molar-refractivity contribution is -0.147. The maximum atomic E-state index is 12.2. The third kappa shape index (κ3) is 5.17. The highest BCUT2D eigenvalue weighted by molar-refractivity contribution is 7.53. The topological polar surface area (TPSA) is 93.1 Å². The van der Waals surface area contributed by atoms with E-state index in [1.165, 1.54) is 6.92 Å². The van der Waals surface area contributed by atoms with Crippen LogP contribution in [-0.2, 0) is 18.4 Å². The number of hydrogen-bond acceptors (Lipinski definition) is 5. The predicted molar refractivity (Wildman–Crippen MR) is 63.2 cm³/mol. The average molecular weight is 268 g/mol. The molecule has 0 aromatic rings. The Hall–Kier alpha value is -0.420. The summed E-state index contributed by atoms with van der Waals surface area (Å²) in [7, 11) is -3.42. The number of aliphatic carboxylic acids is 1. The molecule has 0 spiro atoms. The van der Waals surface area contributed by atoms with Gasteiger partial charge < -0.3 is 19.3 Å². The molecule has 0 bridgehead atoms. The zero-order valence-electron chi connectivity index (χ0n) is 10.5. The normalized spacial score (nSPS) is 15.5. The van der Waals surface area contributed by atoms with Crippen LogP contribution in [0.4, 0.5) is 0 Å². The Balaban J connectivity index is 4.92. The summed E-state index contributed by atoms with van der Waals surface area (Å²) >= 11 is 0. The molecule has 2 N–H and O–H groups in total. The van der Waals surface area contributed by atoms with E-state index in [1.54, 1.807) is 13.8 Å². The van der Waals surface area contributed by atoms with Crippen molar-refractivity contribution >= 4 is 13.6 Å². The minimum absolute atomic E-state index is 0.00642. The standard InChI is InChI=1S/C10H21O6P/c1-4-15-17(14,16-5-2)8-10(3,6-7-11)9(12)13/h11H,4-8H2,1-3H3,(H,12,13). The largest absolute Gasteiger partial charge is 0.481 e. The highest BCUT2D eigenvalue weighted by Crippen LogP contribution is 2.53. The Morgan fingerprint density at radius 2 is 1.76 bits per heavy atom. The van der Waals surface area contributed by atoms with Crippen molar-refractivity contribution in [1.29, 1.82) is 0 Å². The summed E-state index contributed by atoms with van der Waals surface area (Å²) in [6.45, 7) is 4.83. The predicted octanol–water partition coefficient (Wildman–Crippen LogP) is 1.73. The average Bonchev–Trinajstić information content (AvgIpc) is 2.17. The van der Waals surface area contributed by atoms with Crippen molar-refractivity contribution in [2.75, 3.05) is 26.0 Å². The highest BCUT2D eigenvalue weighted by Gasteiger charge is 2.41. The fraction of sp³-hybridized carbons (Fsp3) is 0.900. The molecule has 17 heavy (non-hydrogen) atoms. The molecule has 0 rings (SSSR count). The smallest absolute Gasteiger partial charge is 0.331 e. The molecular formula is C10H21O6P. The molecule has 0 saturated carbocycles. The Morgan fingerprint density at radius 3 is 2.06 bits per heavy atom. The van der Waals surface area contributed by atoms with Crippen LogP contribution in [0.15, 0.2) is 0 Å². The van der Waals surface area contributed by atoms with Gasteiger partial charge in [-0.2, -0.15) is 0 Å². The lowest BCUT2D eigenvalue weighted by Crippen LogP contribution is -2.33. The van der Waals surface area contributed by atoms with E-state index >= 15 is 0 Å². The molecule has 0 heterocycles. The van der Waals surface area contributed by atoms with Crippen molar-refractivity contribution < 1.29 is 28.6 Å². The van der Waals surface area contributed by atoms with Gasteiger partial charge in [0.15, 0.2) is 0 Å². The zero-order valence-corrected chi connectivity index (χ0v) is 11.4. The van der Waals surface area contributed by atoms with Crippen molar-refractivity contribution in [3.05, 3.63) is 0 Å². The molecule has 7 heteroatoms. The molecular weight excluding hydrogens is 247 g/mol. The molecule has 0 aromatic carbocycles. The van der Waals surface area contributed by atoms with Gasteiger partial charge in [0, 0.05) is 6.61 Å². The molecule has 1 unspecified atom stereocenters. The number of hydrogen-bond donors (Lipinski definition) is 2. The second-order valence-corrected chi connectivity index (χ2v) is 6.00. The first-order valence-corrected chi connectivity index (χ1v) is 7.28. The molecule has 0 fully saturated rings. The first kappa shape index (κ1) is 16.6. The lowest BCUT2D eigenvalue weighted by atomic mass is 9.90. The van der Waals surface area contributed by atoms with Gasteiger partial charge in [-0.1, -0.05) is 0 Å². The molecule has 0 aliphatic rings. The van der Waals surface area contributed by atoms with Crippen LogP contribution >= 0.6 is 7.60 Å². The van der Waals surface area contributed by atoms with Gasteiger partial charge in [-0.05, 0) is 27.2 Å². The fourth-order valence-corrected chi connectivity index (χ4v) is 3.64. The van der Waals surface area contributed by atoms with E-state index < -0.39 is 19.0 Å². The van der Waals surface area contributed by atoms with Gasteiger partial charge in [-0.15, -0.1) is 0 Å². The number of carboxylic acids is 1. The molecule has 1 atom stereocenters. The van der Waals surface area contributed by atoms with Gasteiger partial charge in [0.1, 0.15) is 0 Å². The van der Waals surface area contributed by atoms with E-state index in [9.17, 15) is 9.36 Å². The van der Waals surface area contributed by atoms with E-state index in [2.05, 4.69) is 0 Å². The Morgan fingerprint density at radius 1 is 1.29 bits per heavy atom. The summed E-state index contributed by atoms with van der Waals surface area (Å²) in [5, 5.41) is 18.0. The van der Waals surface area contributed by atoms with Gasteiger partial charge in [-0.3, -0.25) is 9.36 Å². The number of rotatable bonds is 9. The quantitative estimate of drug-likeness (QED) is 0.618. The van der Waals surface area contributed by atoms with Gasteiger partial charge in [0.2, 0.25) is 0 Å². The van der Waals surface area contributed by atoms with Gasteiger partial charge in [-0.25, -0.2) is 0 Å². The van der Waals surface area contributed by atoms with Crippen molar-refractivity contribution in [2.45, 2.75) is 27.2 Å². The van der Waals surface area contributed by atoms with Crippen LogP contribution < -0.4 is 0 Å². The minimum Gasteiger partial charge on any atom is -0.481 e. The van der Waals surface area contributed by atoms with E-state index in [1.807, 2.05) is 0 Å². The molecule has 0 aliphatic heterocycles. The van der Waals surface area contributed by atoms with Crippen LogP contribution in [0.1, 0.15) is 27.2 Å². The lowest BCUT2D eigenvalue weighted by Gasteiger charge is -2.28. The van der Waals surface area contributed by atoms with E-state index in [4.69, 9.17) is 19.3 Å². The van der Waals surface area contributed by atoms with Crippen LogP contribution in [0.25, 0.3) is 0 Å². The number of aliphatic hydroxyl groups is 1. The van der Waals surface area contributed by atoms with Crippen molar-refractivity contribution in [2.24, 2.45) is 5.41 Å². The van der Waals surface area contributed by atoms with Crippen molar-refractivity contribution in [3.8, 4) is 0 Å². The SMILES string of the molecule is CCOP(=O)(CC(C)(CCO)C(=O)O)OCC. The number of aliphatic hydroxyl groups excluding tert-OH is 1. The summed E-state index contributed by atoms with van der Waals surface area (Å²) in [6.07, 6.45) is -0.232. The van der Waals surface area contributed by atoms with Crippen LogP contribution in [0.3, 0.4) is 0 Å². The van der Waals surface area contributed by atoms with Crippen LogP contribution in [-0.4, -0.2) is 42.2 Å². The Bertz CT molecular complexity index is 283. The summed E-state index contributed by atoms with van der Waals surface area (Å²) in [5.41, 5.74) is -1.31. The Kier molecular flexibility index (Phi) is 6.94. The van der Waals surface area contributed by atoms with E-state index in [0.29, 0.717) is 0 Å². The van der Waals surface area contributed by atoms with E-state index in [-0.39, 0.29) is 32.4 Å². The first-order chi connectivity index (χ1) is 7.83. The summed E-state index contributed by atoms with van der Waals surface area (Å²) in [6, 6.07) is 0. The fourth-order valence-electron chi connectivity index (χ4n) is 1.45. The van der Waals surface area contributed by atoms with Crippen LogP contribution in [0, 0.1) is 5.41 Å². The molecule has 0 aliphatic carbocycles. The maximum absolute atomic E-state index is 12.2. The summed E-state index contributed by atoms with van der Waals surface area (Å²) in [4.78, 5) is 11.2. The number of carboxylic acid groups (broad SMARTS) is 1. The molecule has 0 saturated heterocycles. The summed E-state index contributed by atoms with van der Waals surface area (Å²) < 4.78 is 22.3. The van der Waals surface area contributed by atoms with Crippen LogP contribution in [0.5, 0.6) is 0 Å². The zero-order chi connectivity index (χ0) is 13.5. The molecule has 0 aromatic heterocycles. The minimum atomic E-state index is -3.42. The third-order valence-electron chi connectivity index (χ3n) is 2.37. The van der Waals surface area contributed by atoms with E-state index in [0.717, 1.165) is 0 Å². The molecule has 0 radical (unpaired) electrons. The van der Waals surface area contributed by atoms with Gasteiger partial charge >= 0.3 is 13.6 Å². The summed E-state index contributed by atoms with van der Waals surface area (Å²) in [5.74, 6) is -1.12. The molecule has 102 valence electrons. The maximum Gasteiger partial charge on any atom is 0.331 e. The Labute approximate surface area is 101 Å². The number of carbonyl (C=O) groups is 1. The molecule has 0 amide bonds. The first-order valence-electron chi connectivity index (χ1n) is 5.56.